The fourth-order valence-corrected chi connectivity index (χ4v) is 2.86. The van der Waals surface area contributed by atoms with Crippen LogP contribution in [-0.4, -0.2) is 73.6 Å². The van der Waals surface area contributed by atoms with Crippen LogP contribution in [0.15, 0.2) is 0 Å². The van der Waals surface area contributed by atoms with E-state index in [1.165, 1.54) is 0 Å². The highest BCUT2D eigenvalue weighted by molar-refractivity contribution is 5.95. The third kappa shape index (κ3) is 2.90. The molecule has 3 aliphatic rings. The average Bonchev–Trinajstić information content (AvgIpc) is 3.17. The highest BCUT2D eigenvalue weighted by atomic mass is 16.5. The Morgan fingerprint density at radius 2 is 2.16 bits per heavy atom. The van der Waals surface area contributed by atoms with Crippen LogP contribution < -0.4 is 5.32 Å². The summed E-state index contributed by atoms with van der Waals surface area (Å²) in [7, 11) is 2.05. The quantitative estimate of drug-likeness (QED) is 0.716. The highest BCUT2D eigenvalue weighted by Crippen LogP contribution is 2.34. The molecule has 3 fully saturated rings. The van der Waals surface area contributed by atoms with Gasteiger partial charge < -0.3 is 19.9 Å². The van der Waals surface area contributed by atoms with Crippen LogP contribution in [-0.2, 0) is 14.3 Å². The van der Waals surface area contributed by atoms with Crippen LogP contribution in [0.3, 0.4) is 0 Å². The minimum Gasteiger partial charge on any atom is -0.374 e. The lowest BCUT2D eigenvalue weighted by Gasteiger charge is -2.37. The van der Waals surface area contributed by atoms with Crippen LogP contribution in [0.1, 0.15) is 12.8 Å². The second-order valence-electron chi connectivity index (χ2n) is 5.86. The van der Waals surface area contributed by atoms with Crippen molar-refractivity contribution < 1.29 is 14.3 Å². The zero-order valence-corrected chi connectivity index (χ0v) is 11.3. The molecule has 0 spiro atoms. The summed E-state index contributed by atoms with van der Waals surface area (Å²) >= 11 is 0. The molecule has 0 aromatic heterocycles. The predicted octanol–water partition coefficient (Wildman–Crippen LogP) is -0.946. The van der Waals surface area contributed by atoms with Crippen molar-refractivity contribution in [1.29, 1.82) is 0 Å². The summed E-state index contributed by atoms with van der Waals surface area (Å²) in [5.74, 6) is 0.383. The van der Waals surface area contributed by atoms with E-state index < -0.39 is 0 Å². The van der Waals surface area contributed by atoms with Crippen molar-refractivity contribution in [3.63, 3.8) is 0 Å². The van der Waals surface area contributed by atoms with E-state index in [0.29, 0.717) is 19.1 Å². The van der Waals surface area contributed by atoms with Gasteiger partial charge in [0.1, 0.15) is 6.04 Å². The van der Waals surface area contributed by atoms with Crippen LogP contribution in [0.25, 0.3) is 0 Å². The van der Waals surface area contributed by atoms with E-state index in [0.717, 1.165) is 25.9 Å². The molecule has 0 aromatic rings. The van der Waals surface area contributed by atoms with Crippen molar-refractivity contribution in [2.45, 2.75) is 25.0 Å². The van der Waals surface area contributed by atoms with Crippen LogP contribution in [0.2, 0.25) is 0 Å². The molecule has 2 unspecified atom stereocenters. The summed E-state index contributed by atoms with van der Waals surface area (Å²) in [6.45, 7) is 3.14. The van der Waals surface area contributed by atoms with E-state index in [1.54, 1.807) is 4.90 Å². The number of amides is 2. The summed E-state index contributed by atoms with van der Waals surface area (Å²) in [6.07, 6.45) is 2.12. The molecule has 1 N–H and O–H groups in total. The predicted molar refractivity (Wildman–Crippen MR) is 68.5 cm³/mol. The Morgan fingerprint density at radius 1 is 1.37 bits per heavy atom. The number of ether oxygens (including phenoxy) is 1. The standard InChI is InChI=1S/C13H21N3O3/c1-15-4-5-19-10(6-15)7-16-8-11(17)14-12(13(16)18)9-2-3-9/h9-10,12H,2-8H2,1H3,(H,14,17). The Hall–Kier alpha value is -1.14. The first kappa shape index (κ1) is 12.9. The summed E-state index contributed by atoms with van der Waals surface area (Å²) in [5, 5.41) is 2.82. The molecule has 19 heavy (non-hydrogen) atoms. The fraction of sp³-hybridized carbons (Fsp3) is 0.846. The van der Waals surface area contributed by atoms with E-state index in [4.69, 9.17) is 4.74 Å². The third-order valence-electron chi connectivity index (χ3n) is 4.09. The average molecular weight is 267 g/mol. The van der Waals surface area contributed by atoms with Gasteiger partial charge in [-0.25, -0.2) is 0 Å². The SMILES string of the molecule is CN1CCOC(CN2CC(=O)NC(C3CC3)C2=O)C1. The Morgan fingerprint density at radius 3 is 2.84 bits per heavy atom. The number of likely N-dealkylation sites (N-methyl/N-ethyl adjacent to an activating group) is 1. The fourth-order valence-electron chi connectivity index (χ4n) is 2.86. The molecule has 0 aromatic carbocycles. The van der Waals surface area contributed by atoms with E-state index >= 15 is 0 Å². The molecular weight excluding hydrogens is 246 g/mol. The summed E-state index contributed by atoms with van der Waals surface area (Å²) in [4.78, 5) is 27.9. The zero-order chi connectivity index (χ0) is 13.4. The van der Waals surface area contributed by atoms with E-state index in [9.17, 15) is 9.59 Å². The topological polar surface area (TPSA) is 61.9 Å². The Balaban J connectivity index is 1.62. The van der Waals surface area contributed by atoms with Gasteiger partial charge in [0.15, 0.2) is 0 Å². The van der Waals surface area contributed by atoms with E-state index in [-0.39, 0.29) is 30.5 Å². The van der Waals surface area contributed by atoms with Crippen LogP contribution in [0.4, 0.5) is 0 Å². The molecule has 2 saturated heterocycles. The maximum atomic E-state index is 12.3. The van der Waals surface area contributed by atoms with Gasteiger partial charge in [-0.15, -0.1) is 0 Å². The number of rotatable bonds is 3. The molecule has 0 bridgehead atoms. The minimum absolute atomic E-state index is 0.0217. The maximum absolute atomic E-state index is 12.3. The number of nitrogens with zero attached hydrogens (tertiary/aromatic N) is 2. The second-order valence-corrected chi connectivity index (χ2v) is 5.86. The lowest BCUT2D eigenvalue weighted by Crippen LogP contribution is -2.61. The lowest BCUT2D eigenvalue weighted by atomic mass is 10.1. The Bertz CT molecular complexity index is 383. The highest BCUT2D eigenvalue weighted by Gasteiger charge is 2.43. The van der Waals surface area contributed by atoms with Crippen molar-refractivity contribution >= 4 is 11.8 Å². The number of morpholine rings is 1. The Kier molecular flexibility index (Phi) is 3.45. The second kappa shape index (κ2) is 5.09. The van der Waals surface area contributed by atoms with Crippen LogP contribution in [0, 0.1) is 5.92 Å². The molecule has 6 heteroatoms. The maximum Gasteiger partial charge on any atom is 0.245 e. The van der Waals surface area contributed by atoms with Gasteiger partial charge in [-0.1, -0.05) is 0 Å². The minimum atomic E-state index is -0.289. The van der Waals surface area contributed by atoms with Crippen molar-refractivity contribution in [2.75, 3.05) is 39.8 Å². The molecule has 1 aliphatic carbocycles. The largest absolute Gasteiger partial charge is 0.374 e. The first-order valence-corrected chi connectivity index (χ1v) is 7.02. The Labute approximate surface area is 113 Å². The lowest BCUT2D eigenvalue weighted by molar-refractivity contribution is -0.147. The molecule has 6 nitrogen and oxygen atoms in total. The number of carbonyl (C=O) groups excluding carboxylic acids is 2. The van der Waals surface area contributed by atoms with Crippen LogP contribution in [0.5, 0.6) is 0 Å². The van der Waals surface area contributed by atoms with Crippen molar-refractivity contribution in [3.8, 4) is 0 Å². The van der Waals surface area contributed by atoms with Gasteiger partial charge in [0.05, 0.1) is 19.3 Å². The van der Waals surface area contributed by atoms with Crippen molar-refractivity contribution in [2.24, 2.45) is 5.92 Å². The summed E-state index contributed by atoms with van der Waals surface area (Å²) in [6, 6.07) is -0.289. The molecule has 106 valence electrons. The van der Waals surface area contributed by atoms with Gasteiger partial charge in [-0.2, -0.15) is 0 Å². The first-order valence-electron chi connectivity index (χ1n) is 7.02. The molecule has 3 rings (SSSR count). The number of hydrogen-bond acceptors (Lipinski definition) is 4. The molecule has 2 aliphatic heterocycles. The summed E-state index contributed by atoms with van der Waals surface area (Å²) in [5.41, 5.74) is 0. The molecule has 1 saturated carbocycles. The van der Waals surface area contributed by atoms with E-state index in [1.807, 2.05) is 7.05 Å². The third-order valence-corrected chi connectivity index (χ3v) is 4.09. The van der Waals surface area contributed by atoms with Gasteiger partial charge in [0.25, 0.3) is 0 Å². The normalized spacial score (nSPS) is 33.4. The number of nitrogens with one attached hydrogen (secondary N) is 1. The van der Waals surface area contributed by atoms with Crippen molar-refractivity contribution in [3.05, 3.63) is 0 Å². The van der Waals surface area contributed by atoms with Crippen molar-refractivity contribution in [1.82, 2.24) is 15.1 Å². The van der Waals surface area contributed by atoms with Gasteiger partial charge in [-0.05, 0) is 25.8 Å². The number of hydrogen-bond donors (Lipinski definition) is 1. The number of piperazine rings is 1. The smallest absolute Gasteiger partial charge is 0.245 e. The van der Waals surface area contributed by atoms with E-state index in [2.05, 4.69) is 10.2 Å². The van der Waals surface area contributed by atoms with Gasteiger partial charge >= 0.3 is 0 Å². The molecular formula is C13H21N3O3. The molecule has 2 heterocycles. The monoisotopic (exact) mass is 267 g/mol. The molecule has 2 atom stereocenters. The molecule has 2 amide bonds. The summed E-state index contributed by atoms with van der Waals surface area (Å²) < 4.78 is 5.68. The van der Waals surface area contributed by atoms with Gasteiger partial charge in [0.2, 0.25) is 11.8 Å². The van der Waals surface area contributed by atoms with Crippen LogP contribution >= 0.6 is 0 Å². The van der Waals surface area contributed by atoms with Gasteiger partial charge in [-0.3, -0.25) is 9.59 Å². The first-order chi connectivity index (χ1) is 9.13. The number of carbonyl (C=O) groups is 2. The molecule has 0 radical (unpaired) electrons. The van der Waals surface area contributed by atoms with Gasteiger partial charge in [0, 0.05) is 19.6 Å². The zero-order valence-electron chi connectivity index (χ0n) is 11.3.